The van der Waals surface area contributed by atoms with Crippen molar-refractivity contribution in [2.45, 2.75) is 32.7 Å². The highest BCUT2D eigenvalue weighted by Crippen LogP contribution is 2.26. The lowest BCUT2D eigenvalue weighted by Crippen LogP contribution is -2.26. The third-order valence-electron chi connectivity index (χ3n) is 2.76. The van der Waals surface area contributed by atoms with E-state index in [-0.39, 0.29) is 11.9 Å². The van der Waals surface area contributed by atoms with Gasteiger partial charge in [0.25, 0.3) is 0 Å². The molecule has 1 unspecified atom stereocenters. The molecular weight excluding hydrogens is 246 g/mol. The molecule has 0 saturated heterocycles. The van der Waals surface area contributed by atoms with Crippen molar-refractivity contribution >= 4 is 32.6 Å². The van der Waals surface area contributed by atoms with Crippen LogP contribution >= 0.6 is 11.3 Å². The molecule has 18 heavy (non-hydrogen) atoms. The fourth-order valence-corrected chi connectivity index (χ4v) is 2.62. The minimum absolute atomic E-state index is 0.0693. The first kappa shape index (κ1) is 13.0. The monoisotopic (exact) mass is 263 g/mol. The first-order chi connectivity index (χ1) is 8.58. The summed E-state index contributed by atoms with van der Waals surface area (Å²) in [5, 5.41) is 3.45. The highest BCUT2D eigenvalue weighted by Gasteiger charge is 2.10. The smallest absolute Gasteiger partial charge is 0.227 e. The maximum atomic E-state index is 11.7. The van der Waals surface area contributed by atoms with Gasteiger partial charge >= 0.3 is 0 Å². The lowest BCUT2D eigenvalue weighted by atomic mass is 10.2. The van der Waals surface area contributed by atoms with E-state index in [1.807, 2.05) is 26.0 Å². The van der Waals surface area contributed by atoms with Gasteiger partial charge in [-0.1, -0.05) is 24.3 Å². The minimum atomic E-state index is -0.0818. The number of hydrogen-bond donors (Lipinski definition) is 2. The Hall–Kier alpha value is -1.46. The average Bonchev–Trinajstić information content (AvgIpc) is 2.69. The van der Waals surface area contributed by atoms with Gasteiger partial charge in [-0.25, -0.2) is 4.98 Å². The van der Waals surface area contributed by atoms with Gasteiger partial charge in [-0.05, 0) is 31.0 Å². The van der Waals surface area contributed by atoms with Crippen LogP contribution in [0.4, 0.5) is 5.13 Å². The number of nitrogens with one attached hydrogen (secondary N) is 1. The number of fused-ring (bicyclic) bond motifs is 1. The predicted molar refractivity (Wildman–Crippen MR) is 75.9 cm³/mol. The zero-order valence-corrected chi connectivity index (χ0v) is 11.4. The molecule has 0 aliphatic heterocycles. The van der Waals surface area contributed by atoms with Gasteiger partial charge in [-0.3, -0.25) is 4.79 Å². The molecule has 4 nitrogen and oxygen atoms in total. The van der Waals surface area contributed by atoms with Gasteiger partial charge in [-0.2, -0.15) is 0 Å². The minimum Gasteiger partial charge on any atom is -0.327 e. The molecule has 1 aromatic carbocycles. The van der Waals surface area contributed by atoms with Crippen molar-refractivity contribution in [3.8, 4) is 0 Å². The third kappa shape index (κ3) is 3.05. The molecule has 0 fully saturated rings. The number of thiazole rings is 1. The third-order valence-corrected chi connectivity index (χ3v) is 3.70. The van der Waals surface area contributed by atoms with E-state index < -0.39 is 0 Å². The Morgan fingerprint density at radius 1 is 1.56 bits per heavy atom. The lowest BCUT2D eigenvalue weighted by Gasteiger charge is -2.06. The van der Waals surface area contributed by atoms with Gasteiger partial charge in [0.1, 0.15) is 0 Å². The molecule has 0 saturated carbocycles. The Kier molecular flexibility index (Phi) is 3.93. The van der Waals surface area contributed by atoms with Crippen LogP contribution in [-0.2, 0) is 4.79 Å². The van der Waals surface area contributed by atoms with Crippen LogP contribution in [0.2, 0.25) is 0 Å². The lowest BCUT2D eigenvalue weighted by molar-refractivity contribution is -0.116. The SMILES string of the molecule is CCC(N)CC(=O)Nc1nc2ccc(C)cc2s1. The number of hydrogen-bond acceptors (Lipinski definition) is 4. The molecule has 0 radical (unpaired) electrons. The Balaban J connectivity index is 2.10. The van der Waals surface area contributed by atoms with Crippen molar-refractivity contribution in [3.05, 3.63) is 23.8 Å². The molecular formula is C13H17N3OS. The van der Waals surface area contributed by atoms with Gasteiger partial charge < -0.3 is 11.1 Å². The number of aryl methyl sites for hydroxylation is 1. The Morgan fingerprint density at radius 2 is 2.33 bits per heavy atom. The molecule has 2 aromatic rings. The summed E-state index contributed by atoms with van der Waals surface area (Å²) in [6.45, 7) is 4.01. The number of carbonyl (C=O) groups is 1. The highest BCUT2D eigenvalue weighted by atomic mass is 32.1. The quantitative estimate of drug-likeness (QED) is 0.891. The molecule has 5 heteroatoms. The zero-order valence-electron chi connectivity index (χ0n) is 10.6. The second-order valence-electron chi connectivity index (χ2n) is 4.41. The first-order valence-corrected chi connectivity index (χ1v) is 6.82. The van der Waals surface area contributed by atoms with Crippen molar-refractivity contribution in [2.75, 3.05) is 5.32 Å². The van der Waals surface area contributed by atoms with E-state index in [2.05, 4.69) is 16.4 Å². The number of nitrogens with zero attached hydrogens (tertiary/aromatic N) is 1. The number of anilines is 1. The van der Waals surface area contributed by atoms with Crippen molar-refractivity contribution in [3.63, 3.8) is 0 Å². The van der Waals surface area contributed by atoms with Crippen LogP contribution in [0, 0.1) is 6.92 Å². The Bertz CT molecular complexity index is 564. The van der Waals surface area contributed by atoms with E-state index in [0.29, 0.717) is 11.6 Å². The molecule has 96 valence electrons. The van der Waals surface area contributed by atoms with Gasteiger partial charge in [0.15, 0.2) is 5.13 Å². The maximum absolute atomic E-state index is 11.7. The van der Waals surface area contributed by atoms with Crippen molar-refractivity contribution in [2.24, 2.45) is 5.73 Å². The Morgan fingerprint density at radius 3 is 3.06 bits per heavy atom. The fraction of sp³-hybridized carbons (Fsp3) is 0.385. The van der Waals surface area contributed by atoms with Crippen LogP contribution in [0.15, 0.2) is 18.2 Å². The average molecular weight is 263 g/mol. The standard InChI is InChI=1S/C13H17N3OS/c1-3-9(14)7-12(17)16-13-15-10-5-4-8(2)6-11(10)18-13/h4-6,9H,3,7,14H2,1-2H3,(H,15,16,17). The number of rotatable bonds is 4. The van der Waals surface area contributed by atoms with Gasteiger partial charge in [0, 0.05) is 12.5 Å². The molecule has 1 atom stereocenters. The topological polar surface area (TPSA) is 68.0 Å². The number of nitrogens with two attached hydrogens (primary N) is 1. The molecule has 1 amide bonds. The van der Waals surface area contributed by atoms with Crippen LogP contribution in [0.25, 0.3) is 10.2 Å². The zero-order chi connectivity index (χ0) is 13.1. The van der Waals surface area contributed by atoms with E-state index in [0.717, 1.165) is 16.6 Å². The van der Waals surface area contributed by atoms with Crippen molar-refractivity contribution in [1.29, 1.82) is 0 Å². The van der Waals surface area contributed by atoms with Gasteiger partial charge in [0.2, 0.25) is 5.91 Å². The van der Waals surface area contributed by atoms with Crippen LogP contribution in [0.5, 0.6) is 0 Å². The summed E-state index contributed by atoms with van der Waals surface area (Å²) in [5.74, 6) is -0.0693. The van der Waals surface area contributed by atoms with E-state index in [9.17, 15) is 4.79 Å². The van der Waals surface area contributed by atoms with Crippen LogP contribution in [0.1, 0.15) is 25.3 Å². The van der Waals surface area contributed by atoms with Gasteiger partial charge in [-0.15, -0.1) is 0 Å². The second kappa shape index (κ2) is 5.46. The number of aromatic nitrogens is 1. The van der Waals surface area contributed by atoms with E-state index in [1.54, 1.807) is 0 Å². The van der Waals surface area contributed by atoms with Gasteiger partial charge in [0.05, 0.1) is 10.2 Å². The van der Waals surface area contributed by atoms with Crippen molar-refractivity contribution in [1.82, 2.24) is 4.98 Å². The molecule has 1 aromatic heterocycles. The summed E-state index contributed by atoms with van der Waals surface area (Å²) in [6, 6.07) is 5.97. The molecule has 0 aliphatic carbocycles. The predicted octanol–water partition coefficient (Wildman–Crippen LogP) is 2.67. The largest absolute Gasteiger partial charge is 0.327 e. The van der Waals surface area contributed by atoms with Crippen LogP contribution in [0.3, 0.4) is 0 Å². The molecule has 0 bridgehead atoms. The van der Waals surface area contributed by atoms with Crippen LogP contribution < -0.4 is 11.1 Å². The number of carbonyl (C=O) groups excluding carboxylic acids is 1. The van der Waals surface area contributed by atoms with E-state index >= 15 is 0 Å². The summed E-state index contributed by atoms with van der Waals surface area (Å²) >= 11 is 1.49. The molecule has 0 spiro atoms. The molecule has 3 N–H and O–H groups in total. The number of amides is 1. The maximum Gasteiger partial charge on any atom is 0.227 e. The van der Waals surface area contributed by atoms with Crippen molar-refractivity contribution < 1.29 is 4.79 Å². The molecule has 1 heterocycles. The summed E-state index contributed by atoms with van der Waals surface area (Å²) in [6.07, 6.45) is 1.14. The normalized spacial score (nSPS) is 12.6. The summed E-state index contributed by atoms with van der Waals surface area (Å²) in [5.41, 5.74) is 7.85. The summed E-state index contributed by atoms with van der Waals surface area (Å²) < 4.78 is 1.09. The molecule has 2 rings (SSSR count). The van der Waals surface area contributed by atoms with E-state index in [4.69, 9.17) is 5.73 Å². The van der Waals surface area contributed by atoms with Crippen LogP contribution in [-0.4, -0.2) is 16.9 Å². The Labute approximate surface area is 110 Å². The van der Waals surface area contributed by atoms with E-state index in [1.165, 1.54) is 16.9 Å². The second-order valence-corrected chi connectivity index (χ2v) is 5.44. The first-order valence-electron chi connectivity index (χ1n) is 6.01. The number of benzene rings is 1. The molecule has 0 aliphatic rings. The fourth-order valence-electron chi connectivity index (χ4n) is 1.64. The highest BCUT2D eigenvalue weighted by molar-refractivity contribution is 7.22. The summed E-state index contributed by atoms with van der Waals surface area (Å²) in [4.78, 5) is 16.1. The summed E-state index contributed by atoms with van der Waals surface area (Å²) in [7, 11) is 0.